The Balaban J connectivity index is 1.91. The Bertz CT molecular complexity index is 595. The third-order valence-electron chi connectivity index (χ3n) is 3.78. The number of hydrogen-bond donors (Lipinski definition) is 1. The third kappa shape index (κ3) is 2.74. The molecule has 0 aliphatic carbocycles. The second-order valence-corrected chi connectivity index (χ2v) is 6.06. The minimum absolute atomic E-state index is 0.110. The number of fused-ring (bicyclic) bond motifs is 1. The van der Waals surface area contributed by atoms with E-state index in [1.165, 1.54) is 16.7 Å². The van der Waals surface area contributed by atoms with Gasteiger partial charge in [0.15, 0.2) is 0 Å². The summed E-state index contributed by atoms with van der Waals surface area (Å²) in [5.74, 6) is 1.13. The Morgan fingerprint density at radius 3 is 2.75 bits per heavy atom. The van der Waals surface area contributed by atoms with E-state index in [-0.39, 0.29) is 12.5 Å². The monoisotopic (exact) mass is 332 g/mol. The molecule has 1 aliphatic heterocycles. The van der Waals surface area contributed by atoms with Crippen LogP contribution in [0.5, 0.6) is 5.75 Å². The fourth-order valence-electron chi connectivity index (χ4n) is 2.78. The molecule has 0 spiro atoms. The highest BCUT2D eigenvalue weighted by atomic mass is 79.9. The van der Waals surface area contributed by atoms with Gasteiger partial charge in [-0.05, 0) is 35.2 Å². The number of aliphatic hydroxyl groups is 1. The van der Waals surface area contributed by atoms with Crippen LogP contribution in [0.2, 0.25) is 0 Å². The molecule has 0 fully saturated rings. The smallest absolute Gasteiger partial charge is 0.125 e. The van der Waals surface area contributed by atoms with Gasteiger partial charge in [-0.25, -0.2) is 0 Å². The van der Waals surface area contributed by atoms with Crippen LogP contribution in [-0.2, 0) is 12.8 Å². The molecule has 0 saturated carbocycles. The fourth-order valence-corrected chi connectivity index (χ4v) is 3.33. The first kappa shape index (κ1) is 13.7. The van der Waals surface area contributed by atoms with Gasteiger partial charge in [-0.3, -0.25) is 0 Å². The molecular weight excluding hydrogens is 316 g/mol. The minimum atomic E-state index is 0.110. The summed E-state index contributed by atoms with van der Waals surface area (Å²) < 4.78 is 6.85. The highest BCUT2D eigenvalue weighted by Gasteiger charge is 2.20. The average molecular weight is 333 g/mol. The van der Waals surface area contributed by atoms with Crippen LogP contribution in [0, 0.1) is 0 Å². The summed E-state index contributed by atoms with van der Waals surface area (Å²) in [7, 11) is 0. The number of benzene rings is 2. The van der Waals surface area contributed by atoms with Crippen molar-refractivity contribution in [1.29, 1.82) is 0 Å². The van der Waals surface area contributed by atoms with Gasteiger partial charge in [0.1, 0.15) is 5.75 Å². The molecule has 0 bridgehead atoms. The molecular formula is C17H17BrO2. The molecule has 3 rings (SSSR count). The topological polar surface area (TPSA) is 29.5 Å². The number of halogens is 1. The fraction of sp³-hybridized carbons (Fsp3) is 0.294. The Kier molecular flexibility index (Phi) is 4.08. The Hall–Kier alpha value is -1.32. The molecule has 1 heterocycles. The molecule has 20 heavy (non-hydrogen) atoms. The van der Waals surface area contributed by atoms with E-state index in [4.69, 9.17) is 4.74 Å². The molecule has 2 nitrogen and oxygen atoms in total. The van der Waals surface area contributed by atoms with Gasteiger partial charge in [0.05, 0.1) is 13.2 Å². The summed E-state index contributed by atoms with van der Waals surface area (Å²) in [4.78, 5) is 0. The van der Waals surface area contributed by atoms with Crippen LogP contribution in [0.1, 0.15) is 22.6 Å². The lowest BCUT2D eigenvalue weighted by Gasteiger charge is -2.17. The van der Waals surface area contributed by atoms with E-state index < -0.39 is 0 Å². The van der Waals surface area contributed by atoms with Gasteiger partial charge in [0.2, 0.25) is 0 Å². The van der Waals surface area contributed by atoms with E-state index in [1.807, 2.05) is 18.2 Å². The van der Waals surface area contributed by atoms with Crippen molar-refractivity contribution in [3.8, 4) is 5.75 Å². The van der Waals surface area contributed by atoms with Crippen molar-refractivity contribution in [3.05, 3.63) is 63.6 Å². The maximum Gasteiger partial charge on any atom is 0.125 e. The van der Waals surface area contributed by atoms with Crippen molar-refractivity contribution in [2.45, 2.75) is 18.8 Å². The van der Waals surface area contributed by atoms with E-state index in [1.54, 1.807) is 0 Å². The van der Waals surface area contributed by atoms with Gasteiger partial charge < -0.3 is 9.84 Å². The van der Waals surface area contributed by atoms with Crippen molar-refractivity contribution in [2.24, 2.45) is 0 Å². The number of ether oxygens (including phenoxy) is 1. The van der Waals surface area contributed by atoms with Crippen molar-refractivity contribution in [3.63, 3.8) is 0 Å². The van der Waals surface area contributed by atoms with Crippen molar-refractivity contribution < 1.29 is 9.84 Å². The number of hydrogen-bond acceptors (Lipinski definition) is 2. The van der Waals surface area contributed by atoms with Crippen LogP contribution < -0.4 is 4.74 Å². The molecule has 1 N–H and O–H groups in total. The van der Waals surface area contributed by atoms with Crippen LogP contribution in [0.3, 0.4) is 0 Å². The SMILES string of the molecule is OCC(Cc1cc(Br)cc2c1OCC2)c1ccccc1. The molecule has 3 heteroatoms. The lowest BCUT2D eigenvalue weighted by molar-refractivity contribution is 0.263. The highest BCUT2D eigenvalue weighted by Crippen LogP contribution is 2.35. The van der Waals surface area contributed by atoms with E-state index in [9.17, 15) is 5.11 Å². The normalized spacial score (nSPS) is 14.7. The molecule has 0 radical (unpaired) electrons. The van der Waals surface area contributed by atoms with E-state index in [0.717, 1.165) is 29.7 Å². The first-order chi connectivity index (χ1) is 9.78. The molecule has 1 atom stereocenters. The molecule has 0 aromatic heterocycles. The zero-order valence-electron chi connectivity index (χ0n) is 11.2. The maximum absolute atomic E-state index is 9.71. The van der Waals surface area contributed by atoms with E-state index in [0.29, 0.717) is 0 Å². The molecule has 1 unspecified atom stereocenters. The number of rotatable bonds is 4. The van der Waals surface area contributed by atoms with Crippen LogP contribution in [0.4, 0.5) is 0 Å². The van der Waals surface area contributed by atoms with Crippen LogP contribution in [0.25, 0.3) is 0 Å². The molecule has 0 saturated heterocycles. The highest BCUT2D eigenvalue weighted by molar-refractivity contribution is 9.10. The zero-order chi connectivity index (χ0) is 13.9. The molecule has 1 aliphatic rings. The summed E-state index contributed by atoms with van der Waals surface area (Å²) in [6.45, 7) is 0.902. The summed E-state index contributed by atoms with van der Waals surface area (Å²) in [6, 6.07) is 14.4. The molecule has 2 aromatic rings. The molecule has 104 valence electrons. The second kappa shape index (κ2) is 5.98. The van der Waals surface area contributed by atoms with Gasteiger partial charge in [-0.15, -0.1) is 0 Å². The Labute approximate surface area is 127 Å². The van der Waals surface area contributed by atoms with Gasteiger partial charge >= 0.3 is 0 Å². The first-order valence-electron chi connectivity index (χ1n) is 6.88. The lowest BCUT2D eigenvalue weighted by atomic mass is 9.91. The zero-order valence-corrected chi connectivity index (χ0v) is 12.8. The predicted octanol–water partition coefficient (Wildman–Crippen LogP) is 3.70. The average Bonchev–Trinajstić information content (AvgIpc) is 2.93. The quantitative estimate of drug-likeness (QED) is 0.924. The van der Waals surface area contributed by atoms with Crippen molar-refractivity contribution in [1.82, 2.24) is 0 Å². The lowest BCUT2D eigenvalue weighted by Crippen LogP contribution is -2.08. The third-order valence-corrected chi connectivity index (χ3v) is 4.24. The summed E-state index contributed by atoms with van der Waals surface area (Å²) in [5.41, 5.74) is 3.61. The molecule has 2 aromatic carbocycles. The second-order valence-electron chi connectivity index (χ2n) is 5.15. The van der Waals surface area contributed by atoms with Gasteiger partial charge in [0.25, 0.3) is 0 Å². The van der Waals surface area contributed by atoms with Crippen molar-refractivity contribution >= 4 is 15.9 Å². The predicted molar refractivity (Wildman–Crippen MR) is 83.3 cm³/mol. The largest absolute Gasteiger partial charge is 0.493 e. The molecule has 0 amide bonds. The van der Waals surface area contributed by atoms with Crippen LogP contribution >= 0.6 is 15.9 Å². The summed E-state index contributed by atoms with van der Waals surface area (Å²) in [5, 5.41) is 9.71. The van der Waals surface area contributed by atoms with Crippen molar-refractivity contribution in [2.75, 3.05) is 13.2 Å². The van der Waals surface area contributed by atoms with Crippen LogP contribution in [-0.4, -0.2) is 18.3 Å². The Morgan fingerprint density at radius 2 is 2.00 bits per heavy atom. The maximum atomic E-state index is 9.71. The standard InChI is InChI=1S/C17H17BrO2/c18-16-9-13-6-7-20-17(13)14(10-16)8-15(11-19)12-4-2-1-3-5-12/h1-5,9-10,15,19H,6-8,11H2. The minimum Gasteiger partial charge on any atom is -0.493 e. The van der Waals surface area contributed by atoms with E-state index >= 15 is 0 Å². The summed E-state index contributed by atoms with van der Waals surface area (Å²) in [6.07, 6.45) is 1.76. The van der Waals surface area contributed by atoms with E-state index in [2.05, 4.69) is 40.2 Å². The van der Waals surface area contributed by atoms with Gasteiger partial charge in [0, 0.05) is 16.8 Å². The Morgan fingerprint density at radius 1 is 1.20 bits per heavy atom. The van der Waals surface area contributed by atoms with Gasteiger partial charge in [-0.2, -0.15) is 0 Å². The number of aliphatic hydroxyl groups excluding tert-OH is 1. The van der Waals surface area contributed by atoms with Gasteiger partial charge in [-0.1, -0.05) is 46.3 Å². The van der Waals surface area contributed by atoms with Crippen LogP contribution in [0.15, 0.2) is 46.9 Å². The first-order valence-corrected chi connectivity index (χ1v) is 7.67. The summed E-state index contributed by atoms with van der Waals surface area (Å²) >= 11 is 3.57.